The first-order valence-corrected chi connectivity index (χ1v) is 11.0. The van der Waals surface area contributed by atoms with Crippen LogP contribution in [0.3, 0.4) is 0 Å². The molecule has 31 heavy (non-hydrogen) atoms. The molecule has 0 aliphatic carbocycles. The van der Waals surface area contributed by atoms with Crippen LogP contribution in [0.1, 0.15) is 36.8 Å². The van der Waals surface area contributed by atoms with Crippen LogP contribution < -0.4 is 14.2 Å². The number of carbonyl (C=O) groups is 1. The SMILES string of the molecule is COc1cccc(Oc2nc(C(C)(C)C)ccc2C(=O)NS(=O)(=O)c2ccccc2)c1. The van der Waals surface area contributed by atoms with Gasteiger partial charge in [-0.05, 0) is 36.4 Å². The highest BCUT2D eigenvalue weighted by molar-refractivity contribution is 7.90. The second-order valence-electron chi connectivity index (χ2n) is 7.83. The van der Waals surface area contributed by atoms with Gasteiger partial charge in [0.25, 0.3) is 15.9 Å². The fourth-order valence-electron chi connectivity index (χ4n) is 2.72. The lowest BCUT2D eigenvalue weighted by Gasteiger charge is -2.20. The van der Waals surface area contributed by atoms with Gasteiger partial charge in [-0.3, -0.25) is 4.79 Å². The van der Waals surface area contributed by atoms with E-state index < -0.39 is 15.9 Å². The third kappa shape index (κ3) is 5.40. The van der Waals surface area contributed by atoms with Crippen LogP contribution in [0.2, 0.25) is 0 Å². The van der Waals surface area contributed by atoms with E-state index in [1.54, 1.807) is 48.5 Å². The molecule has 7 nitrogen and oxygen atoms in total. The van der Waals surface area contributed by atoms with Crippen molar-refractivity contribution in [2.24, 2.45) is 0 Å². The number of nitrogens with zero attached hydrogens (tertiary/aromatic N) is 1. The monoisotopic (exact) mass is 440 g/mol. The van der Waals surface area contributed by atoms with Crippen LogP contribution in [0.5, 0.6) is 17.4 Å². The molecule has 0 aliphatic heterocycles. The van der Waals surface area contributed by atoms with Crippen molar-refractivity contribution >= 4 is 15.9 Å². The van der Waals surface area contributed by atoms with Crippen molar-refractivity contribution in [2.45, 2.75) is 31.1 Å². The zero-order valence-electron chi connectivity index (χ0n) is 17.7. The molecule has 0 saturated carbocycles. The van der Waals surface area contributed by atoms with Crippen molar-refractivity contribution in [2.75, 3.05) is 7.11 Å². The molecule has 1 aromatic heterocycles. The van der Waals surface area contributed by atoms with Crippen molar-refractivity contribution in [3.05, 3.63) is 78.0 Å². The molecule has 1 heterocycles. The van der Waals surface area contributed by atoms with E-state index in [9.17, 15) is 13.2 Å². The minimum Gasteiger partial charge on any atom is -0.497 e. The molecule has 0 spiro atoms. The maximum absolute atomic E-state index is 12.9. The van der Waals surface area contributed by atoms with Gasteiger partial charge in [0.2, 0.25) is 5.88 Å². The molecule has 0 aliphatic rings. The number of amides is 1. The van der Waals surface area contributed by atoms with E-state index in [1.807, 2.05) is 20.8 Å². The van der Waals surface area contributed by atoms with Gasteiger partial charge in [0, 0.05) is 17.2 Å². The van der Waals surface area contributed by atoms with Gasteiger partial charge in [0.1, 0.15) is 17.1 Å². The van der Waals surface area contributed by atoms with E-state index in [2.05, 4.69) is 9.71 Å². The fraction of sp³-hybridized carbons (Fsp3) is 0.217. The highest BCUT2D eigenvalue weighted by Crippen LogP contribution is 2.30. The lowest BCUT2D eigenvalue weighted by atomic mass is 9.91. The second-order valence-corrected chi connectivity index (χ2v) is 9.51. The number of rotatable bonds is 6. The number of nitrogens with one attached hydrogen (secondary N) is 1. The lowest BCUT2D eigenvalue weighted by Crippen LogP contribution is -2.31. The van der Waals surface area contributed by atoms with E-state index >= 15 is 0 Å². The number of methoxy groups -OCH3 is 1. The number of ether oxygens (including phenoxy) is 2. The Balaban J connectivity index is 1.99. The Morgan fingerprint density at radius 2 is 1.61 bits per heavy atom. The first-order chi connectivity index (χ1) is 14.6. The normalized spacial score (nSPS) is 11.6. The molecule has 0 bridgehead atoms. The van der Waals surface area contributed by atoms with Crippen molar-refractivity contribution in [3.8, 4) is 17.4 Å². The molecule has 3 rings (SSSR count). The van der Waals surface area contributed by atoms with Gasteiger partial charge in [-0.2, -0.15) is 0 Å². The van der Waals surface area contributed by atoms with Gasteiger partial charge < -0.3 is 9.47 Å². The minimum atomic E-state index is -4.05. The van der Waals surface area contributed by atoms with E-state index in [4.69, 9.17) is 9.47 Å². The molecule has 0 radical (unpaired) electrons. The Morgan fingerprint density at radius 1 is 0.935 bits per heavy atom. The van der Waals surface area contributed by atoms with Crippen molar-refractivity contribution in [1.82, 2.24) is 9.71 Å². The number of hydrogen-bond acceptors (Lipinski definition) is 6. The maximum Gasteiger partial charge on any atom is 0.270 e. The second kappa shape index (κ2) is 8.77. The average molecular weight is 441 g/mol. The maximum atomic E-state index is 12.9. The number of sulfonamides is 1. The molecule has 0 saturated heterocycles. The number of benzene rings is 2. The smallest absolute Gasteiger partial charge is 0.270 e. The van der Waals surface area contributed by atoms with Crippen LogP contribution >= 0.6 is 0 Å². The van der Waals surface area contributed by atoms with Gasteiger partial charge in [-0.15, -0.1) is 0 Å². The van der Waals surface area contributed by atoms with Crippen LogP contribution in [0.4, 0.5) is 0 Å². The molecule has 0 fully saturated rings. The molecule has 162 valence electrons. The third-order valence-corrected chi connectivity index (χ3v) is 5.76. The largest absolute Gasteiger partial charge is 0.497 e. The number of aromatic nitrogens is 1. The molecule has 8 heteroatoms. The predicted molar refractivity (Wildman–Crippen MR) is 117 cm³/mol. The Kier molecular flexibility index (Phi) is 6.31. The first-order valence-electron chi connectivity index (χ1n) is 9.56. The van der Waals surface area contributed by atoms with Gasteiger partial charge in [-0.25, -0.2) is 18.1 Å². The van der Waals surface area contributed by atoms with Crippen LogP contribution in [0.15, 0.2) is 71.6 Å². The van der Waals surface area contributed by atoms with Crippen LogP contribution in [-0.2, 0) is 15.4 Å². The molecular formula is C23H24N2O5S. The summed E-state index contributed by atoms with van der Waals surface area (Å²) in [5.41, 5.74) is 0.376. The van der Waals surface area contributed by atoms with Gasteiger partial charge in [0.05, 0.1) is 12.0 Å². The van der Waals surface area contributed by atoms with Crippen molar-refractivity contribution in [3.63, 3.8) is 0 Å². The summed E-state index contributed by atoms with van der Waals surface area (Å²) in [6, 6.07) is 17.7. The summed E-state index contributed by atoms with van der Waals surface area (Å²) in [6.07, 6.45) is 0. The zero-order valence-corrected chi connectivity index (χ0v) is 18.6. The van der Waals surface area contributed by atoms with Crippen LogP contribution in [0, 0.1) is 0 Å². The molecule has 1 N–H and O–H groups in total. The summed E-state index contributed by atoms with van der Waals surface area (Å²) in [5.74, 6) is 0.135. The highest BCUT2D eigenvalue weighted by Gasteiger charge is 2.25. The Hall–Kier alpha value is -3.39. The van der Waals surface area contributed by atoms with E-state index in [1.165, 1.54) is 25.3 Å². The third-order valence-electron chi connectivity index (χ3n) is 4.41. The zero-order chi connectivity index (χ0) is 22.6. The number of pyridine rings is 1. The fourth-order valence-corrected chi connectivity index (χ4v) is 3.71. The number of hydrogen-bond donors (Lipinski definition) is 1. The molecular weight excluding hydrogens is 416 g/mol. The lowest BCUT2D eigenvalue weighted by molar-refractivity contribution is 0.0978. The Bertz CT molecular complexity index is 1190. The average Bonchev–Trinajstić information content (AvgIpc) is 2.73. The van der Waals surface area contributed by atoms with E-state index in [-0.39, 0.29) is 21.8 Å². The molecule has 1 amide bonds. The van der Waals surface area contributed by atoms with Crippen LogP contribution in [0.25, 0.3) is 0 Å². The van der Waals surface area contributed by atoms with E-state index in [0.717, 1.165) is 0 Å². The standard InChI is InChI=1S/C23H24N2O5S/c1-23(2,3)20-14-13-19(21(26)25-31(27,28)18-11-6-5-7-12-18)22(24-20)30-17-10-8-9-16(15-17)29-4/h5-15H,1-4H3,(H,25,26). The highest BCUT2D eigenvalue weighted by atomic mass is 32.2. The minimum absolute atomic E-state index is 0.00133. The Morgan fingerprint density at radius 3 is 2.26 bits per heavy atom. The quantitative estimate of drug-likeness (QED) is 0.614. The summed E-state index contributed by atoms with van der Waals surface area (Å²) >= 11 is 0. The summed E-state index contributed by atoms with van der Waals surface area (Å²) in [6.45, 7) is 5.93. The molecule has 2 aromatic carbocycles. The van der Waals surface area contributed by atoms with Gasteiger partial charge >= 0.3 is 0 Å². The summed E-state index contributed by atoms with van der Waals surface area (Å²) < 4.78 is 38.3. The Labute approximate surface area is 182 Å². The van der Waals surface area contributed by atoms with Gasteiger partial charge in [0.15, 0.2) is 0 Å². The molecule has 0 unspecified atom stereocenters. The van der Waals surface area contributed by atoms with Crippen LogP contribution in [-0.4, -0.2) is 26.4 Å². The predicted octanol–water partition coefficient (Wildman–Crippen LogP) is 4.30. The van der Waals surface area contributed by atoms with Crippen molar-refractivity contribution in [1.29, 1.82) is 0 Å². The molecule has 3 aromatic rings. The van der Waals surface area contributed by atoms with Crippen molar-refractivity contribution < 1.29 is 22.7 Å². The summed E-state index contributed by atoms with van der Waals surface area (Å²) in [4.78, 5) is 17.4. The summed E-state index contributed by atoms with van der Waals surface area (Å²) in [5, 5.41) is 0. The van der Waals surface area contributed by atoms with E-state index in [0.29, 0.717) is 17.2 Å². The number of carbonyl (C=O) groups excluding carboxylic acids is 1. The first kappa shape index (κ1) is 22.3. The molecule has 0 atom stereocenters. The topological polar surface area (TPSA) is 94.6 Å². The summed E-state index contributed by atoms with van der Waals surface area (Å²) in [7, 11) is -2.52. The van der Waals surface area contributed by atoms with Gasteiger partial charge in [-0.1, -0.05) is 45.0 Å².